The predicted octanol–water partition coefficient (Wildman–Crippen LogP) is 3.61. The molecule has 1 aromatic rings. The van der Waals surface area contributed by atoms with Crippen LogP contribution >= 0.6 is 0 Å². The second-order valence-corrected chi connectivity index (χ2v) is 9.72. The zero-order chi connectivity index (χ0) is 20.2. The average molecular weight is 387 g/mol. The highest BCUT2D eigenvalue weighted by atomic mass is 19.1. The fraction of sp³-hybridized carbons (Fsp3) is 0.682. The van der Waals surface area contributed by atoms with E-state index in [4.69, 9.17) is 9.31 Å². The molecule has 28 heavy (non-hydrogen) atoms. The lowest BCUT2D eigenvalue weighted by atomic mass is 9.77. The molecule has 1 amide bonds. The Labute approximate surface area is 167 Å². The molecule has 0 aromatic heterocycles. The number of carbonyl (C=O) groups excluding carboxylic acids is 1. The quantitative estimate of drug-likeness (QED) is 0.804. The van der Waals surface area contributed by atoms with Crippen molar-refractivity contribution in [3.05, 3.63) is 29.6 Å². The van der Waals surface area contributed by atoms with Gasteiger partial charge in [-0.15, -0.1) is 0 Å². The van der Waals surface area contributed by atoms with E-state index in [0.717, 1.165) is 25.7 Å². The molecule has 1 aromatic carbocycles. The van der Waals surface area contributed by atoms with E-state index in [9.17, 15) is 4.79 Å². The predicted molar refractivity (Wildman–Crippen MR) is 108 cm³/mol. The maximum Gasteiger partial charge on any atom is 0.494 e. The van der Waals surface area contributed by atoms with Gasteiger partial charge in [-0.05, 0) is 64.9 Å². The summed E-state index contributed by atoms with van der Waals surface area (Å²) in [5, 5.41) is 3.18. The van der Waals surface area contributed by atoms with Gasteiger partial charge in [-0.1, -0.05) is 31.4 Å². The van der Waals surface area contributed by atoms with Gasteiger partial charge in [0.25, 0.3) is 0 Å². The van der Waals surface area contributed by atoms with Crippen molar-refractivity contribution in [1.29, 1.82) is 0 Å². The maximum absolute atomic E-state index is 15.1. The van der Waals surface area contributed by atoms with Crippen LogP contribution in [-0.4, -0.2) is 30.3 Å². The molecule has 0 radical (unpaired) electrons. The highest BCUT2D eigenvalue weighted by Crippen LogP contribution is 2.49. The van der Waals surface area contributed by atoms with Crippen LogP contribution in [0.1, 0.15) is 78.2 Å². The highest BCUT2D eigenvalue weighted by Gasteiger charge is 2.54. The van der Waals surface area contributed by atoms with Crippen molar-refractivity contribution in [1.82, 2.24) is 5.32 Å². The molecular weight excluding hydrogens is 356 g/mol. The lowest BCUT2D eigenvalue weighted by Crippen LogP contribution is -2.43. The Hall–Kier alpha value is -1.40. The molecule has 1 saturated heterocycles. The van der Waals surface area contributed by atoms with Crippen molar-refractivity contribution in [2.45, 2.75) is 95.3 Å². The number of benzene rings is 1. The molecule has 152 valence electrons. The van der Waals surface area contributed by atoms with Crippen molar-refractivity contribution in [2.75, 3.05) is 0 Å². The van der Waals surface area contributed by atoms with Crippen molar-refractivity contribution in [2.24, 2.45) is 0 Å². The Bertz CT molecular complexity index is 753. The van der Waals surface area contributed by atoms with E-state index in [-0.39, 0.29) is 17.8 Å². The minimum atomic E-state index is -0.698. The van der Waals surface area contributed by atoms with E-state index in [1.165, 1.54) is 12.5 Å². The van der Waals surface area contributed by atoms with Crippen LogP contribution in [-0.2, 0) is 19.5 Å². The molecule has 1 heterocycles. The zero-order valence-corrected chi connectivity index (χ0v) is 17.4. The van der Waals surface area contributed by atoms with Crippen LogP contribution in [0.3, 0.4) is 0 Å². The lowest BCUT2D eigenvalue weighted by Gasteiger charge is -2.32. The Morgan fingerprint density at radius 3 is 2.21 bits per heavy atom. The van der Waals surface area contributed by atoms with Crippen LogP contribution in [0.4, 0.5) is 4.39 Å². The molecule has 3 aliphatic rings. The van der Waals surface area contributed by atoms with Gasteiger partial charge >= 0.3 is 7.12 Å². The summed E-state index contributed by atoms with van der Waals surface area (Å²) in [6, 6.07) is 5.31. The number of rotatable bonds is 4. The van der Waals surface area contributed by atoms with Crippen LogP contribution in [0.25, 0.3) is 0 Å². The molecule has 4 rings (SSSR count). The van der Waals surface area contributed by atoms with Gasteiger partial charge in [0, 0.05) is 11.6 Å². The van der Waals surface area contributed by atoms with E-state index in [1.54, 1.807) is 6.07 Å². The number of hydrogen-bond acceptors (Lipinski definition) is 3. The Morgan fingerprint density at radius 1 is 1.07 bits per heavy atom. The summed E-state index contributed by atoms with van der Waals surface area (Å²) >= 11 is 0. The molecule has 2 saturated carbocycles. The number of amides is 1. The first-order valence-corrected chi connectivity index (χ1v) is 10.6. The van der Waals surface area contributed by atoms with Crippen LogP contribution in [0, 0.1) is 5.82 Å². The minimum absolute atomic E-state index is 0.0123. The Balaban J connectivity index is 1.51. The third-order valence-corrected chi connectivity index (χ3v) is 7.16. The van der Waals surface area contributed by atoms with Gasteiger partial charge in [-0.2, -0.15) is 0 Å². The summed E-state index contributed by atoms with van der Waals surface area (Å²) < 4.78 is 27.1. The standard InChI is InChI=1S/C22H31BFNO3/c1-20(2)21(3,4)28-23(27-20)15-10-11-17(18(24)14-15)22(12-13-22)19(26)25-16-8-6-5-7-9-16/h10-11,14,16H,5-9,12-13H2,1-4H3,(H,25,26). The van der Waals surface area contributed by atoms with Crippen LogP contribution in [0.15, 0.2) is 18.2 Å². The number of nitrogens with one attached hydrogen (secondary N) is 1. The summed E-state index contributed by atoms with van der Waals surface area (Å²) in [7, 11) is -0.597. The topological polar surface area (TPSA) is 47.6 Å². The Kier molecular flexibility index (Phi) is 4.86. The molecule has 2 aliphatic carbocycles. The van der Waals surface area contributed by atoms with Crippen molar-refractivity contribution in [3.63, 3.8) is 0 Å². The molecule has 0 unspecified atom stereocenters. The van der Waals surface area contributed by atoms with E-state index >= 15 is 4.39 Å². The largest absolute Gasteiger partial charge is 0.494 e. The summed E-state index contributed by atoms with van der Waals surface area (Å²) in [6.45, 7) is 7.91. The molecule has 0 atom stereocenters. The minimum Gasteiger partial charge on any atom is -0.399 e. The normalized spacial score (nSPS) is 25.5. The number of halogens is 1. The van der Waals surface area contributed by atoms with E-state index in [0.29, 0.717) is 23.9 Å². The van der Waals surface area contributed by atoms with Gasteiger partial charge in [0.1, 0.15) is 5.82 Å². The molecule has 0 bridgehead atoms. The van der Waals surface area contributed by atoms with Gasteiger partial charge in [-0.25, -0.2) is 4.39 Å². The first-order chi connectivity index (χ1) is 13.1. The third-order valence-electron chi connectivity index (χ3n) is 7.16. The lowest BCUT2D eigenvalue weighted by molar-refractivity contribution is -0.124. The molecule has 0 spiro atoms. The third kappa shape index (κ3) is 3.39. The summed E-state index contributed by atoms with van der Waals surface area (Å²) in [5.74, 6) is -0.356. The van der Waals surface area contributed by atoms with Crippen LogP contribution in [0.2, 0.25) is 0 Å². The van der Waals surface area contributed by atoms with E-state index < -0.39 is 23.7 Å². The summed E-state index contributed by atoms with van der Waals surface area (Å²) in [4.78, 5) is 12.9. The first kappa shape index (κ1) is 19.9. The van der Waals surface area contributed by atoms with Crippen LogP contribution in [0.5, 0.6) is 0 Å². The fourth-order valence-corrected chi connectivity index (χ4v) is 4.36. The smallest absolute Gasteiger partial charge is 0.399 e. The molecule has 1 aliphatic heterocycles. The van der Waals surface area contributed by atoms with E-state index in [2.05, 4.69) is 5.32 Å². The highest BCUT2D eigenvalue weighted by molar-refractivity contribution is 6.62. The van der Waals surface area contributed by atoms with Gasteiger partial charge in [-0.3, -0.25) is 4.79 Å². The zero-order valence-electron chi connectivity index (χ0n) is 17.4. The monoisotopic (exact) mass is 387 g/mol. The number of hydrogen-bond donors (Lipinski definition) is 1. The Morgan fingerprint density at radius 2 is 1.68 bits per heavy atom. The second kappa shape index (κ2) is 6.84. The van der Waals surface area contributed by atoms with Crippen LogP contribution < -0.4 is 10.8 Å². The van der Waals surface area contributed by atoms with Gasteiger partial charge < -0.3 is 14.6 Å². The molecule has 4 nitrogen and oxygen atoms in total. The van der Waals surface area contributed by atoms with Crippen molar-refractivity contribution >= 4 is 18.5 Å². The molecular formula is C22H31BFNO3. The molecule has 6 heteroatoms. The van der Waals surface area contributed by atoms with Gasteiger partial charge in [0.15, 0.2) is 0 Å². The maximum atomic E-state index is 15.1. The summed E-state index contributed by atoms with van der Waals surface area (Å²) in [6.07, 6.45) is 7.05. The SMILES string of the molecule is CC1(C)OB(c2ccc(C3(C(=O)NC4CCCCC4)CC3)c(F)c2)OC1(C)C. The van der Waals surface area contributed by atoms with E-state index in [1.807, 2.05) is 33.8 Å². The first-order valence-electron chi connectivity index (χ1n) is 10.6. The molecule has 3 fully saturated rings. The molecule has 1 N–H and O–H groups in total. The fourth-order valence-electron chi connectivity index (χ4n) is 4.36. The average Bonchev–Trinajstić information content (AvgIpc) is 3.39. The number of carbonyl (C=O) groups is 1. The van der Waals surface area contributed by atoms with Crippen molar-refractivity contribution in [3.8, 4) is 0 Å². The summed E-state index contributed by atoms with van der Waals surface area (Å²) in [5.41, 5.74) is -0.477. The van der Waals surface area contributed by atoms with Gasteiger partial charge in [0.2, 0.25) is 5.91 Å². The second-order valence-electron chi connectivity index (χ2n) is 9.72. The van der Waals surface area contributed by atoms with Gasteiger partial charge in [0.05, 0.1) is 16.6 Å². The van der Waals surface area contributed by atoms with Crippen molar-refractivity contribution < 1.29 is 18.5 Å².